The molecule has 0 aliphatic rings. The molecule has 0 saturated heterocycles. The van der Waals surface area contributed by atoms with Crippen LogP contribution >= 0.6 is 11.8 Å². The van der Waals surface area contributed by atoms with Crippen molar-refractivity contribution >= 4 is 11.8 Å². The lowest BCUT2D eigenvalue weighted by molar-refractivity contribution is 0.625. The molecular formula is C16H12FN3S. The molecule has 2 aromatic heterocycles. The molecule has 3 aromatic rings. The lowest BCUT2D eigenvalue weighted by atomic mass is 10.1. The predicted octanol–water partition coefficient (Wildman–Crippen LogP) is 4.07. The maximum absolute atomic E-state index is 14.0. The van der Waals surface area contributed by atoms with Gasteiger partial charge in [0.05, 0.1) is 6.20 Å². The Bertz CT molecular complexity index is 745. The molecule has 0 unspecified atom stereocenters. The number of aromatic nitrogens is 3. The predicted molar refractivity (Wildman–Crippen MR) is 82.4 cm³/mol. The summed E-state index contributed by atoms with van der Waals surface area (Å²) in [5.74, 6) is 0.131. The summed E-state index contributed by atoms with van der Waals surface area (Å²) in [6.07, 6.45) is 6.50. The van der Waals surface area contributed by atoms with Crippen LogP contribution in [0.15, 0.2) is 59.9 Å². The maximum atomic E-state index is 14.0. The molecule has 1 aromatic carbocycles. The van der Waals surface area contributed by atoms with E-state index in [1.54, 1.807) is 36.3 Å². The summed E-state index contributed by atoms with van der Waals surface area (Å²) < 4.78 is 14.0. The average molecular weight is 297 g/mol. The van der Waals surface area contributed by atoms with Gasteiger partial charge < -0.3 is 0 Å². The van der Waals surface area contributed by atoms with Crippen molar-refractivity contribution in [3.8, 4) is 22.6 Å². The summed E-state index contributed by atoms with van der Waals surface area (Å²) >= 11 is 1.65. The number of hydrogen-bond acceptors (Lipinski definition) is 4. The molecule has 0 atom stereocenters. The smallest absolute Gasteiger partial charge is 0.178 e. The molecule has 5 heteroatoms. The topological polar surface area (TPSA) is 38.7 Å². The van der Waals surface area contributed by atoms with Gasteiger partial charge in [-0.25, -0.2) is 19.3 Å². The fraction of sp³-hybridized carbons (Fsp3) is 0.0625. The molecule has 3 rings (SSSR count). The van der Waals surface area contributed by atoms with E-state index in [0.717, 1.165) is 10.5 Å². The highest BCUT2D eigenvalue weighted by Crippen LogP contribution is 2.27. The normalized spacial score (nSPS) is 10.6. The van der Waals surface area contributed by atoms with Gasteiger partial charge in [-0.3, -0.25) is 0 Å². The van der Waals surface area contributed by atoms with Crippen LogP contribution in [0.4, 0.5) is 4.39 Å². The first-order valence-corrected chi connectivity index (χ1v) is 7.58. The van der Waals surface area contributed by atoms with Gasteiger partial charge in [-0.2, -0.15) is 0 Å². The number of thioether (sulfide) groups is 1. The summed E-state index contributed by atoms with van der Waals surface area (Å²) in [5, 5.41) is 0. The first-order valence-electron chi connectivity index (χ1n) is 6.35. The number of halogens is 1. The SMILES string of the molecule is CSc1ccc(-c2cc(-c3ncccn3)ncc2F)cc1. The monoisotopic (exact) mass is 297 g/mol. The van der Waals surface area contributed by atoms with E-state index in [1.807, 2.05) is 30.5 Å². The second kappa shape index (κ2) is 6.01. The van der Waals surface area contributed by atoms with E-state index in [9.17, 15) is 4.39 Å². The van der Waals surface area contributed by atoms with Crippen LogP contribution in [0.5, 0.6) is 0 Å². The number of benzene rings is 1. The summed E-state index contributed by atoms with van der Waals surface area (Å²) in [6.45, 7) is 0. The van der Waals surface area contributed by atoms with Gasteiger partial charge in [0.15, 0.2) is 5.82 Å². The van der Waals surface area contributed by atoms with Crippen LogP contribution in [0.1, 0.15) is 0 Å². The van der Waals surface area contributed by atoms with Crippen molar-refractivity contribution in [2.45, 2.75) is 4.90 Å². The molecule has 21 heavy (non-hydrogen) atoms. The maximum Gasteiger partial charge on any atom is 0.178 e. The van der Waals surface area contributed by atoms with Crippen molar-refractivity contribution in [2.75, 3.05) is 6.26 Å². The van der Waals surface area contributed by atoms with E-state index in [2.05, 4.69) is 15.0 Å². The van der Waals surface area contributed by atoms with Crippen LogP contribution < -0.4 is 0 Å². The highest BCUT2D eigenvalue weighted by Gasteiger charge is 2.10. The number of nitrogens with zero attached hydrogens (tertiary/aromatic N) is 3. The molecule has 104 valence electrons. The molecular weight excluding hydrogens is 285 g/mol. The fourth-order valence-electron chi connectivity index (χ4n) is 1.98. The first kappa shape index (κ1) is 13.7. The van der Waals surface area contributed by atoms with Gasteiger partial charge in [-0.15, -0.1) is 11.8 Å². The Kier molecular flexibility index (Phi) is 3.92. The van der Waals surface area contributed by atoms with Crippen LogP contribution in [-0.2, 0) is 0 Å². The molecule has 0 spiro atoms. The number of pyridine rings is 1. The quantitative estimate of drug-likeness (QED) is 0.683. The summed E-state index contributed by atoms with van der Waals surface area (Å²) in [7, 11) is 0. The van der Waals surface area contributed by atoms with Crippen molar-refractivity contribution in [3.63, 3.8) is 0 Å². The molecule has 0 radical (unpaired) electrons. The molecule has 3 nitrogen and oxygen atoms in total. The summed E-state index contributed by atoms with van der Waals surface area (Å²) in [4.78, 5) is 13.5. The highest BCUT2D eigenvalue weighted by molar-refractivity contribution is 7.98. The summed E-state index contributed by atoms with van der Waals surface area (Å²) in [5.41, 5.74) is 1.87. The molecule has 0 saturated carbocycles. The Morgan fingerprint density at radius 1 is 1.00 bits per heavy atom. The van der Waals surface area contributed by atoms with Gasteiger partial charge in [0.1, 0.15) is 11.5 Å². The van der Waals surface area contributed by atoms with Crippen LogP contribution in [0, 0.1) is 5.82 Å². The molecule has 2 heterocycles. The zero-order chi connectivity index (χ0) is 14.7. The zero-order valence-electron chi connectivity index (χ0n) is 11.3. The van der Waals surface area contributed by atoms with Crippen LogP contribution in [0.25, 0.3) is 22.6 Å². The van der Waals surface area contributed by atoms with Crippen molar-refractivity contribution in [3.05, 3.63) is 60.8 Å². The minimum absolute atomic E-state index is 0.355. The van der Waals surface area contributed by atoms with E-state index < -0.39 is 0 Å². The third-order valence-corrected chi connectivity index (χ3v) is 3.79. The number of rotatable bonds is 3. The van der Waals surface area contributed by atoms with Crippen LogP contribution in [0.2, 0.25) is 0 Å². The van der Waals surface area contributed by atoms with E-state index in [-0.39, 0.29) is 5.82 Å². The Morgan fingerprint density at radius 3 is 2.38 bits per heavy atom. The van der Waals surface area contributed by atoms with Crippen LogP contribution in [-0.4, -0.2) is 21.2 Å². The average Bonchev–Trinajstić information content (AvgIpc) is 2.56. The standard InChI is InChI=1S/C16H12FN3S/c1-21-12-5-3-11(4-6-12)13-9-15(20-10-14(13)17)16-18-7-2-8-19-16/h2-10H,1H3. The van der Waals surface area contributed by atoms with Crippen molar-refractivity contribution in [2.24, 2.45) is 0 Å². The minimum Gasteiger partial charge on any atom is -0.250 e. The molecule has 0 N–H and O–H groups in total. The van der Waals surface area contributed by atoms with E-state index in [0.29, 0.717) is 17.1 Å². The van der Waals surface area contributed by atoms with Crippen molar-refractivity contribution in [1.82, 2.24) is 15.0 Å². The van der Waals surface area contributed by atoms with Gasteiger partial charge in [-0.05, 0) is 36.1 Å². The third-order valence-electron chi connectivity index (χ3n) is 3.05. The minimum atomic E-state index is -0.355. The summed E-state index contributed by atoms with van der Waals surface area (Å²) in [6, 6.07) is 11.2. The number of hydrogen-bond donors (Lipinski definition) is 0. The second-order valence-corrected chi connectivity index (χ2v) is 5.23. The molecule has 0 amide bonds. The van der Waals surface area contributed by atoms with Gasteiger partial charge >= 0.3 is 0 Å². The largest absolute Gasteiger partial charge is 0.250 e. The first-order chi connectivity index (χ1) is 10.3. The molecule has 0 bridgehead atoms. The Hall–Kier alpha value is -2.27. The second-order valence-electron chi connectivity index (χ2n) is 4.35. The highest BCUT2D eigenvalue weighted by atomic mass is 32.2. The lowest BCUT2D eigenvalue weighted by Gasteiger charge is -2.06. The van der Waals surface area contributed by atoms with Gasteiger partial charge in [-0.1, -0.05) is 12.1 Å². The van der Waals surface area contributed by atoms with Gasteiger partial charge in [0.2, 0.25) is 0 Å². The molecule has 0 fully saturated rings. The molecule has 0 aliphatic carbocycles. The fourth-order valence-corrected chi connectivity index (χ4v) is 2.39. The van der Waals surface area contributed by atoms with Gasteiger partial charge in [0, 0.05) is 22.9 Å². The van der Waals surface area contributed by atoms with Crippen molar-refractivity contribution < 1.29 is 4.39 Å². The Labute approximate surface area is 126 Å². The zero-order valence-corrected chi connectivity index (χ0v) is 12.1. The van der Waals surface area contributed by atoms with Crippen LogP contribution in [0.3, 0.4) is 0 Å². The lowest BCUT2D eigenvalue weighted by Crippen LogP contribution is -1.94. The van der Waals surface area contributed by atoms with E-state index in [4.69, 9.17) is 0 Å². The molecule has 0 aliphatic heterocycles. The van der Waals surface area contributed by atoms with Gasteiger partial charge in [0.25, 0.3) is 0 Å². The van der Waals surface area contributed by atoms with E-state index >= 15 is 0 Å². The van der Waals surface area contributed by atoms with E-state index in [1.165, 1.54) is 6.20 Å². The van der Waals surface area contributed by atoms with Crippen molar-refractivity contribution in [1.29, 1.82) is 0 Å². The Balaban J connectivity index is 2.05. The Morgan fingerprint density at radius 2 is 1.71 bits per heavy atom. The third kappa shape index (κ3) is 2.92.